The maximum Gasteiger partial charge on any atom is 0.0548 e. The highest BCUT2D eigenvalue weighted by Gasteiger charge is 2.23. The second-order valence-electron chi connectivity index (χ2n) is 15.0. The van der Waals surface area contributed by atoms with Crippen LogP contribution in [0.2, 0.25) is 0 Å². The molecule has 0 N–H and O–H groups in total. The summed E-state index contributed by atoms with van der Waals surface area (Å²) in [5, 5.41) is 7.45. The lowest BCUT2D eigenvalue weighted by Gasteiger charge is -2.27. The molecule has 278 valence electrons. The lowest BCUT2D eigenvalue weighted by Crippen LogP contribution is -2.10. The van der Waals surface area contributed by atoms with Gasteiger partial charge in [0.15, 0.2) is 0 Å². The van der Waals surface area contributed by atoms with E-state index in [1.807, 2.05) is 0 Å². The average molecular weight is 754 g/mol. The summed E-state index contributed by atoms with van der Waals surface area (Å²) in [6.45, 7) is 0. The van der Waals surface area contributed by atoms with Crippen LogP contribution in [-0.4, -0.2) is 4.57 Å². The fourth-order valence-corrected chi connectivity index (χ4v) is 8.80. The number of aromatic nitrogens is 1. The Morgan fingerprint density at radius 3 is 1.51 bits per heavy atom. The fraction of sp³-hybridized carbons (Fsp3) is 0. The number of para-hydroxylation sites is 4. The lowest BCUT2D eigenvalue weighted by molar-refractivity contribution is 1.18. The molecule has 0 unspecified atom stereocenters. The van der Waals surface area contributed by atoms with Gasteiger partial charge in [0.1, 0.15) is 0 Å². The van der Waals surface area contributed by atoms with Gasteiger partial charge in [-0.05, 0) is 118 Å². The van der Waals surface area contributed by atoms with Gasteiger partial charge in [0.05, 0.1) is 16.7 Å². The molecule has 0 fully saturated rings. The molecular weight excluding hydrogens is 715 g/mol. The summed E-state index contributed by atoms with van der Waals surface area (Å²) in [5.74, 6) is 0. The molecule has 59 heavy (non-hydrogen) atoms. The third kappa shape index (κ3) is 6.08. The van der Waals surface area contributed by atoms with Gasteiger partial charge in [-0.1, -0.05) is 146 Å². The van der Waals surface area contributed by atoms with E-state index in [1.165, 1.54) is 48.9 Å². The molecule has 0 aliphatic rings. The molecule has 1 aromatic heterocycles. The van der Waals surface area contributed by atoms with Crippen molar-refractivity contribution in [3.8, 4) is 5.69 Å². The smallest absolute Gasteiger partial charge is 0.0548 e. The third-order valence-electron chi connectivity index (χ3n) is 11.5. The van der Waals surface area contributed by atoms with E-state index in [0.717, 1.165) is 45.4 Å². The number of hydrogen-bond donors (Lipinski definition) is 0. The summed E-state index contributed by atoms with van der Waals surface area (Å²) >= 11 is 0. The van der Waals surface area contributed by atoms with Crippen molar-refractivity contribution in [2.45, 2.75) is 0 Å². The molecule has 0 saturated carbocycles. The molecular formula is C56H39N3. The molecule has 0 aliphatic heterocycles. The van der Waals surface area contributed by atoms with Gasteiger partial charge >= 0.3 is 0 Å². The first-order chi connectivity index (χ1) is 29.3. The van der Waals surface area contributed by atoms with E-state index in [1.54, 1.807) is 0 Å². The van der Waals surface area contributed by atoms with Crippen LogP contribution in [0.1, 0.15) is 11.1 Å². The summed E-state index contributed by atoms with van der Waals surface area (Å²) in [6.07, 6.45) is 4.51. The normalized spacial score (nSPS) is 11.7. The molecule has 10 aromatic carbocycles. The molecule has 1 heterocycles. The number of fused-ring (bicyclic) bond motifs is 1. The lowest BCUT2D eigenvalue weighted by atomic mass is 9.96. The topological polar surface area (TPSA) is 11.4 Å². The quantitative estimate of drug-likeness (QED) is 0.107. The zero-order chi connectivity index (χ0) is 39.1. The first-order valence-electron chi connectivity index (χ1n) is 20.2. The minimum atomic E-state index is 1.11. The van der Waals surface area contributed by atoms with Crippen molar-refractivity contribution < 1.29 is 0 Å². The van der Waals surface area contributed by atoms with E-state index in [2.05, 4.69) is 251 Å². The monoisotopic (exact) mass is 753 g/mol. The zero-order valence-corrected chi connectivity index (χ0v) is 32.4. The summed E-state index contributed by atoms with van der Waals surface area (Å²) < 4.78 is 2.42. The molecule has 0 bridgehead atoms. The Labute approximate surface area is 343 Å². The predicted octanol–water partition coefficient (Wildman–Crippen LogP) is 15.6. The molecule has 11 aromatic rings. The molecule has 3 nitrogen and oxygen atoms in total. The van der Waals surface area contributed by atoms with E-state index in [-0.39, 0.29) is 0 Å². The molecule has 3 heteroatoms. The molecule has 0 saturated heterocycles. The van der Waals surface area contributed by atoms with Crippen molar-refractivity contribution >= 4 is 89.6 Å². The Balaban J connectivity index is 1.02. The number of rotatable bonds is 9. The van der Waals surface area contributed by atoms with Crippen LogP contribution < -0.4 is 9.80 Å². The molecule has 0 atom stereocenters. The average Bonchev–Trinajstić information content (AvgIpc) is 3.65. The number of hydrogen-bond acceptors (Lipinski definition) is 2. The second-order valence-corrected chi connectivity index (χ2v) is 15.0. The Kier molecular flexibility index (Phi) is 8.49. The van der Waals surface area contributed by atoms with Crippen LogP contribution in [0.5, 0.6) is 0 Å². The van der Waals surface area contributed by atoms with Crippen LogP contribution >= 0.6 is 0 Å². The van der Waals surface area contributed by atoms with E-state index < -0.39 is 0 Å². The third-order valence-corrected chi connectivity index (χ3v) is 11.5. The minimum Gasteiger partial charge on any atom is -0.310 e. The van der Waals surface area contributed by atoms with E-state index in [4.69, 9.17) is 0 Å². The van der Waals surface area contributed by atoms with Gasteiger partial charge in [-0.3, -0.25) is 0 Å². The van der Waals surface area contributed by atoms with Gasteiger partial charge in [-0.25, -0.2) is 0 Å². The summed E-state index contributed by atoms with van der Waals surface area (Å²) in [4.78, 5) is 4.70. The van der Waals surface area contributed by atoms with E-state index in [0.29, 0.717) is 0 Å². The Bertz CT molecular complexity index is 3200. The maximum atomic E-state index is 2.42. The second kappa shape index (κ2) is 14.6. The molecule has 0 amide bonds. The van der Waals surface area contributed by atoms with Crippen molar-refractivity contribution in [3.05, 3.63) is 236 Å². The Hall–Kier alpha value is -7.88. The molecule has 11 rings (SSSR count). The standard InChI is InChI=1S/C56H39N3/c1-5-17-44(18-6-1)57(49-33-29-41-15-13-14-16-43(41)39-49)48-31-26-40(27-32-48)25-28-42-30-36-53-55-50(42)34-35-51-52(37-38-54(56(51)55)59(53)47-23-11-4-12-24-47)58(45-19-7-2-8-20-45)46-21-9-3-10-22-46/h1-39H. The zero-order valence-electron chi connectivity index (χ0n) is 32.4. The van der Waals surface area contributed by atoms with Crippen molar-refractivity contribution in [2.24, 2.45) is 0 Å². The van der Waals surface area contributed by atoms with Crippen molar-refractivity contribution in [3.63, 3.8) is 0 Å². The highest BCUT2D eigenvalue weighted by atomic mass is 15.1. The SMILES string of the molecule is C(=Cc1ccc2c3c1ccc1c(N(c4ccccc4)c4ccccc4)ccc(c13)n2-c1ccccc1)c1ccc(N(c2ccccc2)c2ccc3ccccc3c2)cc1. The van der Waals surface area contributed by atoms with E-state index >= 15 is 0 Å². The summed E-state index contributed by atoms with van der Waals surface area (Å²) in [7, 11) is 0. The Morgan fingerprint density at radius 1 is 0.339 bits per heavy atom. The largest absolute Gasteiger partial charge is 0.310 e. The van der Waals surface area contributed by atoms with E-state index in [9.17, 15) is 0 Å². The summed E-state index contributed by atoms with van der Waals surface area (Å²) in [6, 6.07) is 80.6. The fourth-order valence-electron chi connectivity index (χ4n) is 8.80. The highest BCUT2D eigenvalue weighted by Crippen LogP contribution is 2.46. The highest BCUT2D eigenvalue weighted by molar-refractivity contribution is 6.28. The van der Waals surface area contributed by atoms with Crippen LogP contribution in [0, 0.1) is 0 Å². The van der Waals surface area contributed by atoms with Crippen molar-refractivity contribution in [2.75, 3.05) is 9.80 Å². The summed E-state index contributed by atoms with van der Waals surface area (Å²) in [5.41, 5.74) is 12.6. The van der Waals surface area contributed by atoms with Gasteiger partial charge in [0.2, 0.25) is 0 Å². The molecule has 0 spiro atoms. The van der Waals surface area contributed by atoms with Crippen LogP contribution in [0.3, 0.4) is 0 Å². The van der Waals surface area contributed by atoms with Gasteiger partial charge in [-0.2, -0.15) is 0 Å². The van der Waals surface area contributed by atoms with Crippen LogP contribution in [0.25, 0.3) is 61.2 Å². The van der Waals surface area contributed by atoms with Crippen LogP contribution in [-0.2, 0) is 0 Å². The van der Waals surface area contributed by atoms with Gasteiger partial charge in [-0.15, -0.1) is 0 Å². The Morgan fingerprint density at radius 2 is 0.847 bits per heavy atom. The minimum absolute atomic E-state index is 1.11. The first kappa shape index (κ1) is 34.4. The van der Waals surface area contributed by atoms with Crippen LogP contribution in [0.15, 0.2) is 224 Å². The predicted molar refractivity (Wildman–Crippen MR) is 252 cm³/mol. The molecule has 0 radical (unpaired) electrons. The number of benzene rings is 10. The first-order valence-corrected chi connectivity index (χ1v) is 20.2. The number of anilines is 6. The van der Waals surface area contributed by atoms with Gasteiger partial charge < -0.3 is 14.4 Å². The van der Waals surface area contributed by atoms with Gasteiger partial charge in [0.25, 0.3) is 0 Å². The molecule has 0 aliphatic carbocycles. The van der Waals surface area contributed by atoms with Crippen LogP contribution in [0.4, 0.5) is 34.1 Å². The van der Waals surface area contributed by atoms with Gasteiger partial charge in [0, 0.05) is 50.3 Å². The number of nitrogens with zero attached hydrogens (tertiary/aromatic N) is 3. The van der Waals surface area contributed by atoms with Crippen molar-refractivity contribution in [1.82, 2.24) is 4.57 Å². The maximum absolute atomic E-state index is 2.42. The van der Waals surface area contributed by atoms with Crippen molar-refractivity contribution in [1.29, 1.82) is 0 Å².